The van der Waals surface area contributed by atoms with Gasteiger partial charge >= 0.3 is 12.1 Å². The van der Waals surface area contributed by atoms with Crippen LogP contribution < -0.4 is 25.0 Å². The lowest BCUT2D eigenvalue weighted by molar-refractivity contribution is -0.198. The predicted molar refractivity (Wildman–Crippen MR) is 229 cm³/mol. The number of aryl methyl sites for hydroxylation is 2. The lowest BCUT2D eigenvalue weighted by Gasteiger charge is -2.42. The average molecular weight is 853 g/mol. The molecule has 7 rings (SSSR count). The second kappa shape index (κ2) is 19.4. The van der Waals surface area contributed by atoms with Gasteiger partial charge in [-0.25, -0.2) is 14.5 Å². The van der Waals surface area contributed by atoms with Crippen LogP contribution in [0.25, 0.3) is 11.1 Å². The summed E-state index contributed by atoms with van der Waals surface area (Å²) in [6, 6.07) is 12.9. The Morgan fingerprint density at radius 2 is 1.68 bits per heavy atom. The Hall–Kier alpha value is -6.59. The molecular formula is C45H52N6O11. The van der Waals surface area contributed by atoms with Crippen LogP contribution in [0.5, 0.6) is 11.5 Å². The summed E-state index contributed by atoms with van der Waals surface area (Å²) in [6.07, 6.45) is 7.79. The largest absolute Gasteiger partial charge is 0.493 e. The van der Waals surface area contributed by atoms with Crippen LogP contribution in [0.15, 0.2) is 73.6 Å². The molecule has 17 heteroatoms. The van der Waals surface area contributed by atoms with E-state index in [4.69, 9.17) is 23.7 Å². The van der Waals surface area contributed by atoms with E-state index in [0.717, 1.165) is 36.8 Å². The highest BCUT2D eigenvalue weighted by Crippen LogP contribution is 2.42. The highest BCUT2D eigenvalue weighted by molar-refractivity contribution is 6.06. The Morgan fingerprint density at radius 1 is 0.903 bits per heavy atom. The van der Waals surface area contributed by atoms with Gasteiger partial charge in [-0.15, -0.1) is 0 Å². The average Bonchev–Trinajstić information content (AvgIpc) is 3.83. The van der Waals surface area contributed by atoms with Gasteiger partial charge in [-0.3, -0.25) is 14.4 Å². The number of carboxylic acid groups (broad SMARTS) is 1. The van der Waals surface area contributed by atoms with Crippen LogP contribution in [0, 0.1) is 0 Å². The lowest BCUT2D eigenvalue weighted by atomic mass is 10.00. The second-order valence-electron chi connectivity index (χ2n) is 15.4. The normalized spacial score (nSPS) is 18.5. The first kappa shape index (κ1) is 43.5. The summed E-state index contributed by atoms with van der Waals surface area (Å²) in [5, 5.41) is 15.1. The van der Waals surface area contributed by atoms with Gasteiger partial charge in [-0.2, -0.15) is 0 Å². The fraction of sp³-hybridized carbons (Fsp3) is 0.400. The molecular weight excluding hydrogens is 801 g/mol. The van der Waals surface area contributed by atoms with E-state index < -0.39 is 30.6 Å². The molecule has 0 saturated carbocycles. The van der Waals surface area contributed by atoms with Crippen molar-refractivity contribution in [2.75, 3.05) is 49.0 Å². The van der Waals surface area contributed by atoms with Crippen molar-refractivity contribution < 1.29 is 52.8 Å². The summed E-state index contributed by atoms with van der Waals surface area (Å²) in [5.74, 6) is -1.43. The van der Waals surface area contributed by atoms with Gasteiger partial charge in [-0.05, 0) is 80.8 Å². The molecule has 3 N–H and O–H groups in total. The van der Waals surface area contributed by atoms with Gasteiger partial charge in [0.25, 0.3) is 11.8 Å². The highest BCUT2D eigenvalue weighted by Gasteiger charge is 2.47. The number of carbonyl (C=O) groups excluding carboxylic acids is 4. The third kappa shape index (κ3) is 9.63. The maximum atomic E-state index is 14.2. The zero-order valence-electron chi connectivity index (χ0n) is 35.1. The van der Waals surface area contributed by atoms with Crippen LogP contribution >= 0.6 is 0 Å². The van der Waals surface area contributed by atoms with Gasteiger partial charge in [0, 0.05) is 63.4 Å². The Kier molecular flexibility index (Phi) is 13.6. The van der Waals surface area contributed by atoms with Crippen LogP contribution in [0.1, 0.15) is 82.7 Å². The molecule has 62 heavy (non-hydrogen) atoms. The maximum absolute atomic E-state index is 14.2. The van der Waals surface area contributed by atoms with E-state index in [1.165, 1.54) is 22.7 Å². The number of methoxy groups -OCH3 is 1. The number of benzene rings is 2. The molecule has 328 valence electrons. The van der Waals surface area contributed by atoms with Crippen molar-refractivity contribution >= 4 is 46.8 Å². The van der Waals surface area contributed by atoms with E-state index in [0.29, 0.717) is 49.5 Å². The summed E-state index contributed by atoms with van der Waals surface area (Å²) in [4.78, 5) is 69.0. The van der Waals surface area contributed by atoms with Crippen molar-refractivity contribution in [1.29, 1.82) is 0 Å². The number of fused-ring (bicyclic) bond motifs is 2. The van der Waals surface area contributed by atoms with Crippen molar-refractivity contribution in [1.82, 2.24) is 14.0 Å². The second-order valence-corrected chi connectivity index (χ2v) is 15.4. The summed E-state index contributed by atoms with van der Waals surface area (Å²) in [6.45, 7) is 4.75. The van der Waals surface area contributed by atoms with Crippen LogP contribution in [0.2, 0.25) is 0 Å². The molecule has 4 aromatic rings. The molecule has 2 aromatic carbocycles. The zero-order chi connectivity index (χ0) is 43.9. The van der Waals surface area contributed by atoms with E-state index in [-0.39, 0.29) is 65.8 Å². The molecule has 0 bridgehead atoms. The summed E-state index contributed by atoms with van der Waals surface area (Å²) >= 11 is 0. The number of carboxylic acids is 1. The van der Waals surface area contributed by atoms with Crippen molar-refractivity contribution in [3.63, 3.8) is 0 Å². The molecule has 5 heterocycles. The first-order valence-electron chi connectivity index (χ1n) is 20.7. The van der Waals surface area contributed by atoms with E-state index in [1.807, 2.05) is 0 Å². The minimum absolute atomic E-state index is 0.0525. The number of ether oxygens (including phenoxy) is 5. The predicted octanol–water partition coefficient (Wildman–Crippen LogP) is 6.79. The molecule has 3 aliphatic heterocycles. The molecule has 2 saturated heterocycles. The van der Waals surface area contributed by atoms with Crippen LogP contribution in [0.3, 0.4) is 0 Å². The number of nitrogens with zero attached hydrogens (tertiary/aromatic N) is 4. The number of amides is 4. The topological polar surface area (TPSA) is 192 Å². The number of rotatable bonds is 15. The molecule has 1 unspecified atom stereocenters. The monoisotopic (exact) mass is 852 g/mol. The first-order chi connectivity index (χ1) is 29.9. The number of aromatic nitrogens is 2. The molecule has 2 aromatic heterocycles. The van der Waals surface area contributed by atoms with Gasteiger partial charge in [0.15, 0.2) is 24.0 Å². The SMILES string of the molecule is C=CCOC(=O)N1c2cc(OCCCC(=O)Nc3cc(C(=O)Nc4ccc(-c5cc(C(=O)O)n(C)c5)cc4)n(C)c3)c(OC)cc2C(=O)N2CCCC[C@H]2[C@@H]1OC1CCCCO1. The number of nitrogens with one attached hydrogen (secondary N) is 2. The van der Waals surface area contributed by atoms with Crippen molar-refractivity contribution in [2.24, 2.45) is 14.1 Å². The molecule has 2 fully saturated rings. The zero-order valence-corrected chi connectivity index (χ0v) is 35.1. The van der Waals surface area contributed by atoms with E-state index in [2.05, 4.69) is 17.2 Å². The summed E-state index contributed by atoms with van der Waals surface area (Å²) in [7, 11) is 4.82. The van der Waals surface area contributed by atoms with Gasteiger partial charge in [-0.1, -0.05) is 24.8 Å². The van der Waals surface area contributed by atoms with Crippen LogP contribution in [-0.4, -0.2) is 101 Å². The van der Waals surface area contributed by atoms with E-state index >= 15 is 0 Å². The summed E-state index contributed by atoms with van der Waals surface area (Å²) < 4.78 is 33.1. The fourth-order valence-electron chi connectivity index (χ4n) is 8.06. The Morgan fingerprint density at radius 3 is 2.39 bits per heavy atom. The lowest BCUT2D eigenvalue weighted by Crippen LogP contribution is -2.57. The van der Waals surface area contributed by atoms with Gasteiger partial charge in [0.1, 0.15) is 18.0 Å². The maximum Gasteiger partial charge on any atom is 0.416 e. The van der Waals surface area contributed by atoms with Crippen molar-refractivity contribution in [3.05, 3.63) is 90.5 Å². The minimum atomic E-state index is -1.02. The number of piperidine rings is 1. The van der Waals surface area contributed by atoms with Gasteiger partial charge in [0.2, 0.25) is 5.91 Å². The van der Waals surface area contributed by atoms with Gasteiger partial charge < -0.3 is 53.5 Å². The Bertz CT molecular complexity index is 2310. The number of anilines is 3. The molecule has 3 aliphatic rings. The molecule has 0 radical (unpaired) electrons. The van der Waals surface area contributed by atoms with E-state index in [9.17, 15) is 29.1 Å². The summed E-state index contributed by atoms with van der Waals surface area (Å²) in [5.41, 5.74) is 3.46. The quantitative estimate of drug-likeness (QED) is 0.0843. The first-order valence-corrected chi connectivity index (χ1v) is 20.7. The number of aromatic carboxylic acids is 1. The van der Waals surface area contributed by atoms with Crippen LogP contribution in [-0.2, 0) is 33.1 Å². The molecule has 4 amide bonds. The van der Waals surface area contributed by atoms with E-state index in [1.54, 1.807) is 84.5 Å². The van der Waals surface area contributed by atoms with Crippen molar-refractivity contribution in [2.45, 2.75) is 69.9 Å². The standard InChI is InChI=1S/C45H52N6O11/c1-5-19-61-45(57)51-34-25-38(37(58-4)24-32(34)42(54)50-18-8-6-11-33(50)43(51)62-40-13-7-9-20-60-40)59-21-10-12-39(52)46-31-23-35(49(3)27-31)41(53)47-30-16-14-28(15-17-30)29-22-36(44(55)56)48(2)26-29/h5,14-17,22-27,33,40,43H,1,6-13,18-21H2,2-4H3,(H,46,52)(H,47,53)(H,55,56)/t33-,40?,43-/m0/s1. The minimum Gasteiger partial charge on any atom is -0.493 e. The molecule has 0 aliphatic carbocycles. The molecule has 17 nitrogen and oxygen atoms in total. The third-order valence-electron chi connectivity index (χ3n) is 11.1. The van der Waals surface area contributed by atoms with Crippen LogP contribution in [0.4, 0.5) is 21.9 Å². The highest BCUT2D eigenvalue weighted by atomic mass is 16.7. The molecule has 0 spiro atoms. The number of hydrogen-bond donors (Lipinski definition) is 3. The Labute approximate surface area is 359 Å². The van der Waals surface area contributed by atoms with Gasteiger partial charge in [0.05, 0.1) is 36.7 Å². The number of hydrogen-bond acceptors (Lipinski definition) is 10. The Balaban J connectivity index is 0.998. The number of carbonyl (C=O) groups is 5. The van der Waals surface area contributed by atoms with Crippen molar-refractivity contribution in [3.8, 4) is 22.6 Å². The smallest absolute Gasteiger partial charge is 0.416 e. The fourth-order valence-corrected chi connectivity index (χ4v) is 8.06. The molecule has 3 atom stereocenters. The third-order valence-corrected chi connectivity index (χ3v) is 11.1.